The third kappa shape index (κ3) is 8.50. The van der Waals surface area contributed by atoms with E-state index >= 15 is 0 Å². The second-order valence-corrected chi connectivity index (χ2v) is 9.09. The van der Waals surface area contributed by atoms with Gasteiger partial charge in [-0.2, -0.15) is 13.2 Å². The van der Waals surface area contributed by atoms with Gasteiger partial charge in [0, 0.05) is 38.3 Å². The molecule has 1 heterocycles. The molecule has 3 rings (SSSR count). The molecule has 1 unspecified atom stereocenters. The molecule has 204 valence electrons. The van der Waals surface area contributed by atoms with Crippen LogP contribution in [-0.2, 0) is 12.8 Å². The third-order valence-electron chi connectivity index (χ3n) is 6.01. The van der Waals surface area contributed by atoms with Gasteiger partial charge in [0.15, 0.2) is 18.1 Å². The van der Waals surface area contributed by atoms with Gasteiger partial charge in [-0.05, 0) is 61.9 Å². The van der Waals surface area contributed by atoms with E-state index in [-0.39, 0.29) is 30.8 Å². The number of alkyl halides is 3. The maximum Gasteiger partial charge on any atom is 0.422 e. The molecule has 1 atom stereocenters. The molecule has 0 saturated heterocycles. The number of hydrogen-bond donors (Lipinski definition) is 3. The zero-order chi connectivity index (χ0) is 27.0. The maximum absolute atomic E-state index is 13.5. The van der Waals surface area contributed by atoms with Crippen LogP contribution in [0, 0.1) is 5.82 Å². The summed E-state index contributed by atoms with van der Waals surface area (Å²) in [4.78, 5) is 14.3. The number of benzene rings is 2. The fourth-order valence-corrected chi connectivity index (χ4v) is 4.40. The van der Waals surface area contributed by atoms with Crippen molar-refractivity contribution in [2.45, 2.75) is 44.8 Å². The van der Waals surface area contributed by atoms with Gasteiger partial charge < -0.3 is 30.5 Å². The molecule has 7 nitrogen and oxygen atoms in total. The standard InChI is InChI=1S/C26H33F4N3O4/c1-17(32-7-11-36-22-5-4-20(27)15-23(22)37-16-26(28,29)30)12-18-13-19-6-9-33(8-2-3-10-34)24(19)21(14-18)25(31)35/h4-5,13-15,17,32,34H,2-3,6-12,16H2,1H3,(H2,31,35). The number of ether oxygens (including phenoxy) is 2. The molecule has 0 radical (unpaired) electrons. The molecule has 4 N–H and O–H groups in total. The van der Waals surface area contributed by atoms with E-state index < -0.39 is 24.5 Å². The third-order valence-corrected chi connectivity index (χ3v) is 6.01. The number of carbonyl (C=O) groups excluding carboxylic acids is 1. The Morgan fingerprint density at radius 2 is 1.97 bits per heavy atom. The van der Waals surface area contributed by atoms with Gasteiger partial charge in [0.2, 0.25) is 0 Å². The Labute approximate surface area is 213 Å². The lowest BCUT2D eigenvalue weighted by Crippen LogP contribution is -2.32. The first-order valence-electron chi connectivity index (χ1n) is 12.2. The number of amides is 1. The first kappa shape index (κ1) is 28.5. The zero-order valence-corrected chi connectivity index (χ0v) is 20.7. The SMILES string of the molecule is CC(Cc1cc2c(c(C(N)=O)c1)N(CCCCO)CC2)NCCOc1ccc(F)cc1OCC(F)(F)F. The summed E-state index contributed by atoms with van der Waals surface area (Å²) in [5, 5.41) is 12.3. The van der Waals surface area contributed by atoms with Gasteiger partial charge >= 0.3 is 6.18 Å². The van der Waals surface area contributed by atoms with Crippen LogP contribution in [0.5, 0.6) is 11.5 Å². The predicted molar refractivity (Wildman–Crippen MR) is 132 cm³/mol. The Bertz CT molecular complexity index is 1060. The number of hydrogen-bond acceptors (Lipinski definition) is 6. The van der Waals surface area contributed by atoms with Crippen molar-refractivity contribution in [2.75, 3.05) is 44.4 Å². The summed E-state index contributed by atoms with van der Waals surface area (Å²) in [5.41, 5.74) is 9.11. The number of nitrogens with two attached hydrogens (primary N) is 1. The minimum atomic E-state index is -4.55. The summed E-state index contributed by atoms with van der Waals surface area (Å²) in [6.45, 7) is 2.61. The van der Waals surface area contributed by atoms with Gasteiger partial charge in [-0.1, -0.05) is 6.07 Å². The van der Waals surface area contributed by atoms with Gasteiger partial charge in [-0.25, -0.2) is 4.39 Å². The van der Waals surface area contributed by atoms with E-state index in [1.807, 2.05) is 13.0 Å². The van der Waals surface area contributed by atoms with Gasteiger partial charge in [0.25, 0.3) is 5.91 Å². The molecule has 11 heteroatoms. The predicted octanol–water partition coefficient (Wildman–Crippen LogP) is 3.60. The van der Waals surface area contributed by atoms with Crippen LogP contribution in [0.3, 0.4) is 0 Å². The second-order valence-electron chi connectivity index (χ2n) is 9.09. The molecule has 0 fully saturated rings. The number of halogens is 4. The van der Waals surface area contributed by atoms with Crippen molar-refractivity contribution < 1.29 is 36.9 Å². The Hall–Kier alpha value is -3.05. The molecule has 0 aromatic heterocycles. The van der Waals surface area contributed by atoms with Crippen LogP contribution < -0.4 is 25.4 Å². The molecule has 0 saturated carbocycles. The van der Waals surface area contributed by atoms with Crippen molar-refractivity contribution in [3.63, 3.8) is 0 Å². The number of rotatable bonds is 14. The number of aliphatic hydroxyl groups is 1. The maximum atomic E-state index is 13.5. The summed E-state index contributed by atoms with van der Waals surface area (Å²) >= 11 is 0. The van der Waals surface area contributed by atoms with E-state index in [1.165, 1.54) is 6.07 Å². The van der Waals surface area contributed by atoms with E-state index in [2.05, 4.69) is 21.0 Å². The Kier molecular flexibility index (Phi) is 9.99. The van der Waals surface area contributed by atoms with Crippen molar-refractivity contribution >= 4 is 11.6 Å². The monoisotopic (exact) mass is 527 g/mol. The van der Waals surface area contributed by atoms with Crippen LogP contribution in [0.1, 0.15) is 41.3 Å². The molecule has 2 aromatic rings. The number of primary amides is 1. The minimum absolute atomic E-state index is 0.00129. The normalized spacial score (nSPS) is 13.9. The molecule has 1 amide bonds. The van der Waals surface area contributed by atoms with Gasteiger partial charge in [0.05, 0.1) is 11.3 Å². The summed E-state index contributed by atoms with van der Waals surface area (Å²) in [7, 11) is 0. The van der Waals surface area contributed by atoms with Gasteiger partial charge in [0.1, 0.15) is 12.4 Å². The average Bonchev–Trinajstić information content (AvgIpc) is 3.23. The van der Waals surface area contributed by atoms with Crippen molar-refractivity contribution in [3.05, 3.63) is 52.8 Å². The van der Waals surface area contributed by atoms with Crippen LogP contribution in [0.4, 0.5) is 23.2 Å². The molecule has 37 heavy (non-hydrogen) atoms. The summed E-state index contributed by atoms with van der Waals surface area (Å²) < 4.78 is 61.0. The van der Waals surface area contributed by atoms with E-state index in [4.69, 9.17) is 15.6 Å². The number of unbranched alkanes of at least 4 members (excludes halogenated alkanes) is 1. The number of nitrogens with one attached hydrogen (secondary N) is 1. The molecular formula is C26H33F4N3O4. The number of fused-ring (bicyclic) bond motifs is 1. The van der Waals surface area contributed by atoms with Crippen LogP contribution in [0.2, 0.25) is 0 Å². The lowest BCUT2D eigenvalue weighted by atomic mass is 9.98. The fraction of sp³-hybridized carbons (Fsp3) is 0.500. The Morgan fingerprint density at radius 1 is 1.19 bits per heavy atom. The fourth-order valence-electron chi connectivity index (χ4n) is 4.40. The van der Waals surface area contributed by atoms with Crippen LogP contribution in [-0.4, -0.2) is 62.7 Å². The summed E-state index contributed by atoms with van der Waals surface area (Å²) in [6.07, 6.45) is -1.59. The second kappa shape index (κ2) is 13.0. The first-order chi connectivity index (χ1) is 17.6. The molecular weight excluding hydrogens is 494 g/mol. The average molecular weight is 528 g/mol. The van der Waals surface area contributed by atoms with Crippen LogP contribution in [0.15, 0.2) is 30.3 Å². The molecule has 0 aliphatic carbocycles. The van der Waals surface area contributed by atoms with Gasteiger partial charge in [-0.3, -0.25) is 4.79 Å². The Balaban J connectivity index is 1.55. The summed E-state index contributed by atoms with van der Waals surface area (Å²) in [5.74, 6) is -1.50. The van der Waals surface area contributed by atoms with E-state index in [0.29, 0.717) is 24.9 Å². The minimum Gasteiger partial charge on any atom is -0.488 e. The first-order valence-corrected chi connectivity index (χ1v) is 12.2. The molecule has 0 spiro atoms. The number of anilines is 1. The largest absolute Gasteiger partial charge is 0.488 e. The van der Waals surface area contributed by atoms with Crippen molar-refractivity contribution in [1.29, 1.82) is 0 Å². The van der Waals surface area contributed by atoms with E-state index in [0.717, 1.165) is 54.9 Å². The van der Waals surface area contributed by atoms with Crippen molar-refractivity contribution in [1.82, 2.24) is 5.32 Å². The molecule has 1 aliphatic rings. The molecule has 1 aliphatic heterocycles. The van der Waals surface area contributed by atoms with E-state index in [9.17, 15) is 22.4 Å². The highest BCUT2D eigenvalue weighted by atomic mass is 19.4. The lowest BCUT2D eigenvalue weighted by molar-refractivity contribution is -0.153. The summed E-state index contributed by atoms with van der Waals surface area (Å²) in [6, 6.07) is 7.08. The smallest absolute Gasteiger partial charge is 0.422 e. The van der Waals surface area contributed by atoms with Crippen LogP contribution >= 0.6 is 0 Å². The molecule has 0 bridgehead atoms. The van der Waals surface area contributed by atoms with Crippen molar-refractivity contribution in [3.8, 4) is 11.5 Å². The number of aliphatic hydroxyl groups excluding tert-OH is 1. The number of nitrogens with zero attached hydrogens (tertiary/aromatic N) is 1. The van der Waals surface area contributed by atoms with Crippen LogP contribution in [0.25, 0.3) is 0 Å². The highest BCUT2D eigenvalue weighted by Crippen LogP contribution is 2.34. The topological polar surface area (TPSA) is 97.1 Å². The Morgan fingerprint density at radius 3 is 2.68 bits per heavy atom. The van der Waals surface area contributed by atoms with Crippen molar-refractivity contribution in [2.24, 2.45) is 5.73 Å². The van der Waals surface area contributed by atoms with Gasteiger partial charge in [-0.15, -0.1) is 0 Å². The van der Waals surface area contributed by atoms with E-state index in [1.54, 1.807) is 0 Å². The zero-order valence-electron chi connectivity index (χ0n) is 20.7. The highest BCUT2D eigenvalue weighted by Gasteiger charge is 2.29. The lowest BCUT2D eigenvalue weighted by Gasteiger charge is -2.22. The number of carbonyl (C=O) groups is 1. The molecule has 2 aromatic carbocycles. The quantitative estimate of drug-likeness (QED) is 0.257. The highest BCUT2D eigenvalue weighted by molar-refractivity contribution is 6.00.